The van der Waals surface area contributed by atoms with Gasteiger partial charge in [0.1, 0.15) is 4.88 Å². The molecule has 0 radical (unpaired) electrons. The van der Waals surface area contributed by atoms with Crippen molar-refractivity contribution in [2.45, 2.75) is 33.1 Å². The Morgan fingerprint density at radius 3 is 2.58 bits per heavy atom. The van der Waals surface area contributed by atoms with E-state index in [4.69, 9.17) is 4.74 Å². The Morgan fingerprint density at radius 1 is 1.27 bits per heavy atom. The van der Waals surface area contributed by atoms with Gasteiger partial charge >= 0.3 is 5.97 Å². The van der Waals surface area contributed by atoms with Gasteiger partial charge in [-0.1, -0.05) is 32.0 Å². The molecule has 0 saturated carbocycles. The molecule has 0 fully saturated rings. The van der Waals surface area contributed by atoms with Crippen molar-refractivity contribution in [3.63, 3.8) is 0 Å². The summed E-state index contributed by atoms with van der Waals surface area (Å²) in [6, 6.07) is 8.10. The average Bonchev–Trinajstić information content (AvgIpc) is 3.03. The van der Waals surface area contributed by atoms with E-state index in [0.29, 0.717) is 10.6 Å². The Hall–Kier alpha value is -2.47. The molecule has 3 rings (SSSR count). The summed E-state index contributed by atoms with van der Waals surface area (Å²) in [4.78, 5) is 31.3. The first-order valence-corrected chi connectivity index (χ1v) is 9.23. The minimum atomic E-state index is -0.498. The number of allylic oxidation sites excluding steroid dienone is 1. The highest BCUT2D eigenvalue weighted by Gasteiger charge is 2.38. The molecule has 0 unspecified atom stereocenters. The van der Waals surface area contributed by atoms with Crippen molar-refractivity contribution in [3.05, 3.63) is 57.2 Å². The van der Waals surface area contributed by atoms with E-state index in [-0.39, 0.29) is 17.8 Å². The van der Waals surface area contributed by atoms with Crippen LogP contribution in [0.5, 0.6) is 0 Å². The molecule has 6 heteroatoms. The summed E-state index contributed by atoms with van der Waals surface area (Å²) < 4.78 is 5.19. The summed E-state index contributed by atoms with van der Waals surface area (Å²) >= 11 is 1.28. The Kier molecular flexibility index (Phi) is 4.71. The number of anilines is 1. The monoisotopic (exact) mass is 370 g/mol. The number of esters is 1. The van der Waals surface area contributed by atoms with Gasteiger partial charge in [-0.2, -0.15) is 0 Å². The van der Waals surface area contributed by atoms with E-state index >= 15 is 0 Å². The van der Waals surface area contributed by atoms with Crippen molar-refractivity contribution < 1.29 is 14.3 Å². The number of para-hydroxylation sites is 1. The largest absolute Gasteiger partial charge is 0.453 e. The number of rotatable bonds is 4. The first-order valence-electron chi connectivity index (χ1n) is 8.41. The molecule has 0 bridgehead atoms. The molecule has 1 aromatic heterocycles. The lowest BCUT2D eigenvalue weighted by Crippen LogP contribution is -2.25. The van der Waals surface area contributed by atoms with E-state index in [1.807, 2.05) is 37.1 Å². The second-order valence-corrected chi connectivity index (χ2v) is 8.12. The van der Waals surface area contributed by atoms with Gasteiger partial charge in [-0.05, 0) is 25.5 Å². The minimum Gasteiger partial charge on any atom is -0.453 e. The van der Waals surface area contributed by atoms with Gasteiger partial charge in [0.25, 0.3) is 0 Å². The second kappa shape index (κ2) is 6.68. The van der Waals surface area contributed by atoms with Crippen LogP contribution >= 0.6 is 11.3 Å². The highest BCUT2D eigenvalue weighted by atomic mass is 32.1. The fraction of sp³-hybridized carbons (Fsp3) is 0.350. The molecule has 26 heavy (non-hydrogen) atoms. The minimum absolute atomic E-state index is 0.236. The molecule has 1 aliphatic heterocycles. The molecule has 5 nitrogen and oxygen atoms in total. The number of carbonyl (C=O) groups is 2. The third-order valence-electron chi connectivity index (χ3n) is 4.67. The number of thiazole rings is 1. The van der Waals surface area contributed by atoms with Crippen LogP contribution in [0, 0.1) is 13.8 Å². The van der Waals surface area contributed by atoms with Crippen molar-refractivity contribution in [1.82, 2.24) is 4.98 Å². The molecule has 2 aromatic rings. The number of benzene rings is 1. The average molecular weight is 370 g/mol. The van der Waals surface area contributed by atoms with Gasteiger partial charge in [0.15, 0.2) is 12.4 Å². The van der Waals surface area contributed by atoms with Gasteiger partial charge in [-0.15, -0.1) is 11.3 Å². The summed E-state index contributed by atoms with van der Waals surface area (Å²) in [6.45, 7) is 7.49. The van der Waals surface area contributed by atoms with E-state index in [2.05, 4.69) is 24.9 Å². The van der Waals surface area contributed by atoms with Gasteiger partial charge in [-0.25, -0.2) is 9.78 Å². The standard InChI is InChI=1S/C20H22N2O3S/c1-12-18(26-13(2)21-12)19(24)25-11-14(23)10-17-20(3,4)15-8-6-7-9-16(15)22(17)5/h6-10H,11H2,1-5H3/b17-10+. The van der Waals surface area contributed by atoms with E-state index in [0.717, 1.165) is 16.4 Å². The number of aryl methyl sites for hydroxylation is 2. The summed E-state index contributed by atoms with van der Waals surface area (Å²) in [6.07, 6.45) is 1.58. The van der Waals surface area contributed by atoms with E-state index in [9.17, 15) is 9.59 Å². The maximum atomic E-state index is 12.4. The van der Waals surface area contributed by atoms with Gasteiger partial charge in [0.05, 0.1) is 10.7 Å². The summed E-state index contributed by atoms with van der Waals surface area (Å²) in [7, 11) is 1.95. The molecule has 0 saturated heterocycles. The molecule has 0 aliphatic carbocycles. The Morgan fingerprint density at radius 2 is 1.96 bits per heavy atom. The van der Waals surface area contributed by atoms with Crippen LogP contribution in [0.25, 0.3) is 0 Å². The molecular formula is C20H22N2O3S. The van der Waals surface area contributed by atoms with Crippen molar-refractivity contribution in [2.24, 2.45) is 0 Å². The van der Waals surface area contributed by atoms with Crippen molar-refractivity contribution in [2.75, 3.05) is 18.6 Å². The lowest BCUT2D eigenvalue weighted by molar-refractivity contribution is -0.117. The first kappa shape index (κ1) is 18.3. The van der Waals surface area contributed by atoms with Crippen molar-refractivity contribution in [1.29, 1.82) is 0 Å². The van der Waals surface area contributed by atoms with E-state index in [1.165, 1.54) is 16.9 Å². The normalized spacial score (nSPS) is 16.7. The predicted octanol–water partition coefficient (Wildman–Crippen LogP) is 3.80. The lowest BCUT2D eigenvalue weighted by Gasteiger charge is -2.23. The highest BCUT2D eigenvalue weighted by Crippen LogP contribution is 2.46. The highest BCUT2D eigenvalue weighted by molar-refractivity contribution is 7.13. The third kappa shape index (κ3) is 3.17. The van der Waals surface area contributed by atoms with Crippen LogP contribution < -0.4 is 4.90 Å². The fourth-order valence-electron chi connectivity index (χ4n) is 3.38. The van der Waals surface area contributed by atoms with Crippen LogP contribution in [0.4, 0.5) is 5.69 Å². The zero-order chi connectivity index (χ0) is 19.1. The number of likely N-dealkylation sites (N-methyl/N-ethyl adjacent to an activating group) is 1. The number of ether oxygens (including phenoxy) is 1. The molecule has 136 valence electrons. The SMILES string of the molecule is Cc1nc(C)c(C(=O)OCC(=O)/C=C2/N(C)c3ccccc3C2(C)C)s1. The Bertz CT molecular complexity index is 912. The van der Waals surface area contributed by atoms with Gasteiger partial charge in [-0.3, -0.25) is 4.79 Å². The van der Waals surface area contributed by atoms with Crippen LogP contribution in [0.2, 0.25) is 0 Å². The molecule has 0 spiro atoms. The van der Waals surface area contributed by atoms with E-state index < -0.39 is 5.97 Å². The maximum Gasteiger partial charge on any atom is 0.350 e. The Balaban J connectivity index is 1.73. The Labute approximate surface area is 157 Å². The van der Waals surface area contributed by atoms with Gasteiger partial charge in [0, 0.05) is 29.9 Å². The molecule has 0 amide bonds. The summed E-state index contributed by atoms with van der Waals surface area (Å²) in [5.74, 6) is -0.734. The lowest BCUT2D eigenvalue weighted by atomic mass is 9.83. The molecule has 1 aliphatic rings. The van der Waals surface area contributed by atoms with Crippen LogP contribution in [-0.2, 0) is 14.9 Å². The number of hydrogen-bond acceptors (Lipinski definition) is 6. The summed E-state index contributed by atoms with van der Waals surface area (Å²) in [5, 5.41) is 0.801. The number of ketones is 1. The number of nitrogens with zero attached hydrogens (tertiary/aromatic N) is 2. The smallest absolute Gasteiger partial charge is 0.350 e. The maximum absolute atomic E-state index is 12.4. The van der Waals surface area contributed by atoms with Crippen LogP contribution in [-0.4, -0.2) is 30.4 Å². The van der Waals surface area contributed by atoms with Crippen LogP contribution in [0.15, 0.2) is 36.0 Å². The second-order valence-electron chi connectivity index (χ2n) is 6.92. The topological polar surface area (TPSA) is 59.5 Å². The number of hydrogen-bond donors (Lipinski definition) is 0. The van der Waals surface area contributed by atoms with Gasteiger partial charge < -0.3 is 9.64 Å². The van der Waals surface area contributed by atoms with E-state index in [1.54, 1.807) is 13.0 Å². The number of carbonyl (C=O) groups excluding carboxylic acids is 2. The molecule has 2 heterocycles. The van der Waals surface area contributed by atoms with Crippen LogP contribution in [0.1, 0.15) is 39.8 Å². The zero-order valence-corrected chi connectivity index (χ0v) is 16.4. The molecule has 1 aromatic carbocycles. The third-order valence-corrected chi connectivity index (χ3v) is 5.73. The molecule has 0 N–H and O–H groups in total. The molecule has 0 atom stereocenters. The summed E-state index contributed by atoms with van der Waals surface area (Å²) in [5.41, 5.74) is 3.51. The fourth-order valence-corrected chi connectivity index (χ4v) is 4.19. The van der Waals surface area contributed by atoms with Crippen molar-refractivity contribution >= 4 is 28.8 Å². The van der Waals surface area contributed by atoms with Crippen molar-refractivity contribution in [3.8, 4) is 0 Å². The quantitative estimate of drug-likeness (QED) is 0.605. The predicted molar refractivity (Wildman–Crippen MR) is 103 cm³/mol. The number of aromatic nitrogens is 1. The first-order chi connectivity index (χ1) is 12.2. The zero-order valence-electron chi connectivity index (χ0n) is 15.6. The molecular weight excluding hydrogens is 348 g/mol. The van der Waals surface area contributed by atoms with Gasteiger partial charge in [0.2, 0.25) is 0 Å². The van der Waals surface area contributed by atoms with Crippen LogP contribution in [0.3, 0.4) is 0 Å². The number of fused-ring (bicyclic) bond motifs is 1.